The van der Waals surface area contributed by atoms with E-state index >= 15 is 0 Å². The van der Waals surface area contributed by atoms with E-state index < -0.39 is 0 Å². The van der Waals surface area contributed by atoms with Gasteiger partial charge in [0.15, 0.2) is 0 Å². The van der Waals surface area contributed by atoms with Gasteiger partial charge in [-0.2, -0.15) is 0 Å². The van der Waals surface area contributed by atoms with Crippen molar-refractivity contribution >= 4 is 40.5 Å². The Labute approximate surface area is 134 Å². The summed E-state index contributed by atoms with van der Waals surface area (Å²) < 4.78 is 0. The molecule has 0 aliphatic carbocycles. The summed E-state index contributed by atoms with van der Waals surface area (Å²) in [5.74, 6) is 1.88. The van der Waals surface area contributed by atoms with Crippen molar-refractivity contribution in [3.8, 4) is 0 Å². The maximum Gasteiger partial charge on any atom is 0.139 e. The zero-order chi connectivity index (χ0) is 15.4. The molecule has 112 valence electrons. The molecule has 0 unspecified atom stereocenters. The number of hydrogen-bond acceptors (Lipinski definition) is 4. The van der Waals surface area contributed by atoms with Crippen molar-refractivity contribution < 1.29 is 0 Å². The van der Waals surface area contributed by atoms with Gasteiger partial charge in [0, 0.05) is 27.8 Å². The van der Waals surface area contributed by atoms with Gasteiger partial charge in [-0.3, -0.25) is 0 Å². The third-order valence-electron chi connectivity index (χ3n) is 2.93. The number of nitrogens with one attached hydrogen (secondary N) is 2. The second kappa shape index (κ2) is 6.96. The minimum Gasteiger partial charge on any atom is -0.370 e. The topological polar surface area (TPSA) is 49.8 Å². The molecule has 0 amide bonds. The third-order valence-corrected chi connectivity index (χ3v) is 3.37. The minimum absolute atomic E-state index is 0.275. The number of hydrogen-bond donors (Lipinski definition) is 2. The highest BCUT2D eigenvalue weighted by molar-refractivity contribution is 6.35. The van der Waals surface area contributed by atoms with Crippen molar-refractivity contribution in [3.63, 3.8) is 0 Å². The van der Waals surface area contributed by atoms with Crippen LogP contribution in [-0.2, 0) is 0 Å². The van der Waals surface area contributed by atoms with Crippen LogP contribution in [0.5, 0.6) is 0 Å². The zero-order valence-corrected chi connectivity index (χ0v) is 13.8. The quantitative estimate of drug-likeness (QED) is 0.804. The first-order valence-corrected chi connectivity index (χ1v) is 7.58. The molecular formula is C15H18Cl2N4. The lowest BCUT2D eigenvalue weighted by Gasteiger charge is -2.17. The van der Waals surface area contributed by atoms with Crippen molar-refractivity contribution in [1.82, 2.24) is 9.97 Å². The van der Waals surface area contributed by atoms with Gasteiger partial charge < -0.3 is 10.6 Å². The Kier molecular flexibility index (Phi) is 5.26. The lowest BCUT2D eigenvalue weighted by atomic mass is 10.0. The predicted octanol–water partition coefficient (Wildman–Crippen LogP) is 5.08. The Bertz CT molecular complexity index is 609. The molecule has 0 spiro atoms. The summed E-state index contributed by atoms with van der Waals surface area (Å²) in [7, 11) is 0. The van der Waals surface area contributed by atoms with Gasteiger partial charge in [-0.1, -0.05) is 37.0 Å². The predicted molar refractivity (Wildman–Crippen MR) is 90.0 cm³/mol. The molecule has 2 N–H and O–H groups in total. The molecule has 1 heterocycles. The van der Waals surface area contributed by atoms with Gasteiger partial charge >= 0.3 is 0 Å². The number of anilines is 3. The SMILES string of the molecule is CCNc1ncnc(Nc2cc(Cl)cc(Cl)c2)c1C(C)C. The summed E-state index contributed by atoms with van der Waals surface area (Å²) in [6.07, 6.45) is 1.54. The number of aromatic nitrogens is 2. The van der Waals surface area contributed by atoms with Crippen LogP contribution in [0.15, 0.2) is 24.5 Å². The van der Waals surface area contributed by atoms with E-state index in [0.29, 0.717) is 10.0 Å². The average Bonchev–Trinajstić information content (AvgIpc) is 2.37. The molecular weight excluding hydrogens is 307 g/mol. The van der Waals surface area contributed by atoms with Gasteiger partial charge in [-0.25, -0.2) is 9.97 Å². The van der Waals surface area contributed by atoms with Crippen LogP contribution in [0, 0.1) is 0 Å². The summed E-state index contributed by atoms with van der Waals surface area (Å²) in [5, 5.41) is 7.70. The fourth-order valence-electron chi connectivity index (χ4n) is 2.11. The van der Waals surface area contributed by atoms with E-state index in [1.807, 2.05) is 19.1 Å². The second-order valence-electron chi connectivity index (χ2n) is 4.95. The Morgan fingerprint density at radius 2 is 1.67 bits per heavy atom. The summed E-state index contributed by atoms with van der Waals surface area (Å²) in [6, 6.07) is 5.32. The lowest BCUT2D eigenvalue weighted by molar-refractivity contribution is 0.849. The maximum absolute atomic E-state index is 6.03. The largest absolute Gasteiger partial charge is 0.370 e. The number of nitrogens with zero attached hydrogens (tertiary/aromatic N) is 2. The monoisotopic (exact) mass is 324 g/mol. The van der Waals surface area contributed by atoms with Crippen molar-refractivity contribution in [2.45, 2.75) is 26.7 Å². The van der Waals surface area contributed by atoms with E-state index in [0.717, 1.165) is 29.4 Å². The summed E-state index contributed by atoms with van der Waals surface area (Å²) in [6.45, 7) is 7.06. The van der Waals surface area contributed by atoms with Crippen molar-refractivity contribution in [2.75, 3.05) is 17.2 Å². The molecule has 1 aromatic heterocycles. The van der Waals surface area contributed by atoms with Gasteiger partial charge in [0.2, 0.25) is 0 Å². The first-order valence-electron chi connectivity index (χ1n) is 6.83. The van der Waals surface area contributed by atoms with Crippen LogP contribution in [-0.4, -0.2) is 16.5 Å². The molecule has 0 radical (unpaired) electrons. The normalized spacial score (nSPS) is 10.8. The van der Waals surface area contributed by atoms with Gasteiger partial charge in [-0.05, 0) is 31.0 Å². The molecule has 0 bridgehead atoms. The number of benzene rings is 1. The van der Waals surface area contributed by atoms with Gasteiger partial charge in [-0.15, -0.1) is 0 Å². The van der Waals surface area contributed by atoms with Gasteiger partial charge in [0.25, 0.3) is 0 Å². The Balaban J connectivity index is 2.41. The molecule has 4 nitrogen and oxygen atoms in total. The molecule has 2 rings (SSSR count). The van der Waals surface area contributed by atoms with Crippen LogP contribution in [0.1, 0.15) is 32.3 Å². The molecule has 0 fully saturated rings. The Hall–Kier alpha value is -1.52. The lowest BCUT2D eigenvalue weighted by Crippen LogP contribution is -2.09. The third kappa shape index (κ3) is 3.99. The maximum atomic E-state index is 6.03. The van der Waals surface area contributed by atoms with E-state index in [2.05, 4.69) is 34.4 Å². The van der Waals surface area contributed by atoms with Crippen LogP contribution in [0.2, 0.25) is 10.0 Å². The number of rotatable bonds is 5. The van der Waals surface area contributed by atoms with E-state index in [-0.39, 0.29) is 5.92 Å². The smallest absolute Gasteiger partial charge is 0.139 e. The van der Waals surface area contributed by atoms with Crippen molar-refractivity contribution in [1.29, 1.82) is 0 Å². The molecule has 0 saturated heterocycles. The molecule has 0 aliphatic rings. The van der Waals surface area contributed by atoms with E-state index in [1.54, 1.807) is 12.4 Å². The second-order valence-corrected chi connectivity index (χ2v) is 5.83. The fraction of sp³-hybridized carbons (Fsp3) is 0.333. The van der Waals surface area contributed by atoms with Gasteiger partial charge in [0.05, 0.1) is 0 Å². The van der Waals surface area contributed by atoms with E-state index in [1.165, 1.54) is 0 Å². The minimum atomic E-state index is 0.275. The average molecular weight is 325 g/mol. The standard InChI is InChI=1S/C15H18Cl2N4/c1-4-18-14-13(9(2)3)15(20-8-19-14)21-12-6-10(16)5-11(17)7-12/h5-9H,4H2,1-3H3,(H2,18,19,20,21). The van der Waals surface area contributed by atoms with Crippen LogP contribution >= 0.6 is 23.2 Å². The number of halogens is 2. The Morgan fingerprint density at radius 1 is 1.05 bits per heavy atom. The summed E-state index contributed by atoms with van der Waals surface area (Å²) >= 11 is 12.1. The highest BCUT2D eigenvalue weighted by atomic mass is 35.5. The van der Waals surface area contributed by atoms with Crippen LogP contribution < -0.4 is 10.6 Å². The van der Waals surface area contributed by atoms with Crippen LogP contribution in [0.25, 0.3) is 0 Å². The first kappa shape index (κ1) is 15.9. The van der Waals surface area contributed by atoms with E-state index in [9.17, 15) is 0 Å². The summed E-state index contributed by atoms with van der Waals surface area (Å²) in [4.78, 5) is 8.66. The molecule has 21 heavy (non-hydrogen) atoms. The van der Waals surface area contributed by atoms with Gasteiger partial charge in [0.1, 0.15) is 18.0 Å². The zero-order valence-electron chi connectivity index (χ0n) is 12.2. The molecule has 1 aromatic carbocycles. The summed E-state index contributed by atoms with van der Waals surface area (Å²) in [5.41, 5.74) is 1.84. The Morgan fingerprint density at radius 3 is 2.24 bits per heavy atom. The van der Waals surface area contributed by atoms with E-state index in [4.69, 9.17) is 23.2 Å². The molecule has 0 saturated carbocycles. The highest BCUT2D eigenvalue weighted by Crippen LogP contribution is 2.31. The molecule has 2 aromatic rings. The van der Waals surface area contributed by atoms with Crippen molar-refractivity contribution in [3.05, 3.63) is 40.1 Å². The van der Waals surface area contributed by atoms with Crippen LogP contribution in [0.3, 0.4) is 0 Å². The van der Waals surface area contributed by atoms with Crippen molar-refractivity contribution in [2.24, 2.45) is 0 Å². The molecule has 0 atom stereocenters. The van der Waals surface area contributed by atoms with Crippen LogP contribution in [0.4, 0.5) is 17.3 Å². The highest BCUT2D eigenvalue weighted by Gasteiger charge is 2.15. The fourth-order valence-corrected chi connectivity index (χ4v) is 2.64. The molecule has 0 aliphatic heterocycles. The molecule has 6 heteroatoms. The first-order chi connectivity index (χ1) is 10.0.